The van der Waals surface area contributed by atoms with Gasteiger partial charge in [-0.3, -0.25) is 4.79 Å². The van der Waals surface area contributed by atoms with Crippen molar-refractivity contribution in [1.82, 2.24) is 19.1 Å². The zero-order valence-corrected chi connectivity index (χ0v) is 25.5. The molecule has 2 aromatic heterocycles. The van der Waals surface area contributed by atoms with Gasteiger partial charge in [0.25, 0.3) is 5.91 Å². The summed E-state index contributed by atoms with van der Waals surface area (Å²) in [6.07, 6.45) is 0.415. The normalized spacial score (nSPS) is 18.9. The van der Waals surface area contributed by atoms with Gasteiger partial charge in [-0.2, -0.15) is 0 Å². The molecule has 2 aliphatic heterocycles. The highest BCUT2D eigenvalue weighted by Crippen LogP contribution is 2.44. The Kier molecular flexibility index (Phi) is 7.78. The van der Waals surface area contributed by atoms with Crippen molar-refractivity contribution in [1.29, 1.82) is 0 Å². The van der Waals surface area contributed by atoms with Gasteiger partial charge in [-0.15, -0.1) is 0 Å². The van der Waals surface area contributed by atoms with E-state index >= 15 is 0 Å². The number of piperazine rings is 1. The van der Waals surface area contributed by atoms with Gasteiger partial charge in [0.1, 0.15) is 28.0 Å². The fourth-order valence-corrected chi connectivity index (χ4v) is 7.32. The first-order valence-corrected chi connectivity index (χ1v) is 15.6. The molecule has 0 unspecified atom stereocenters. The Hall–Kier alpha value is -3.37. The lowest BCUT2D eigenvalue weighted by molar-refractivity contribution is 0.0658. The predicted octanol–water partition coefficient (Wildman–Crippen LogP) is 5.25. The summed E-state index contributed by atoms with van der Waals surface area (Å²) in [5.41, 5.74) is 5.52. The summed E-state index contributed by atoms with van der Waals surface area (Å²) in [6.45, 7) is 9.19. The highest BCUT2D eigenvalue weighted by molar-refractivity contribution is 7.84. The summed E-state index contributed by atoms with van der Waals surface area (Å²) in [5.74, 6) is 0.663. The van der Waals surface area contributed by atoms with Crippen molar-refractivity contribution in [2.24, 2.45) is 0 Å². The fourth-order valence-electron chi connectivity index (χ4n) is 5.91. The van der Waals surface area contributed by atoms with Crippen LogP contribution in [0.3, 0.4) is 0 Å². The number of aliphatic hydroxyl groups excluding tert-OH is 1. The van der Waals surface area contributed by atoms with E-state index in [0.29, 0.717) is 37.4 Å². The van der Waals surface area contributed by atoms with Crippen molar-refractivity contribution in [3.05, 3.63) is 77.5 Å². The smallest absolute Gasteiger partial charge is 0.272 e. The van der Waals surface area contributed by atoms with Crippen molar-refractivity contribution in [2.45, 2.75) is 44.5 Å². The minimum atomic E-state index is -1.33. The second-order valence-corrected chi connectivity index (χ2v) is 14.4. The average Bonchev–Trinajstić information content (AvgIpc) is 3.58. The number of fused-ring (bicyclic) bond motifs is 2. The summed E-state index contributed by atoms with van der Waals surface area (Å²) >= 11 is 0. The van der Waals surface area contributed by atoms with Crippen molar-refractivity contribution in [3.63, 3.8) is 0 Å². The number of benzene rings is 2. The third kappa shape index (κ3) is 5.42. The van der Waals surface area contributed by atoms with Crippen LogP contribution in [0.5, 0.6) is 0 Å². The third-order valence-electron chi connectivity index (χ3n) is 8.15. The molecule has 220 valence electrons. The standard InChI is InChI=1S/C33H38N4O4S/c1-33(2,3)42(40)37-21-25-19-26(32(39)36-15-13-35(4)14-16-36)34-31(30(25)27(37)12-17-38)24-10-7-9-22(18-24)29-20-23-8-5-6-11-28(23)41-29/h5-11,18-20,27,38H,12-17,21H2,1-4H3/t27-,42-/m1/s1. The molecule has 8 nitrogen and oxygen atoms in total. The van der Waals surface area contributed by atoms with Gasteiger partial charge < -0.3 is 19.3 Å². The van der Waals surface area contributed by atoms with E-state index in [0.717, 1.165) is 52.1 Å². The number of hydrogen-bond donors (Lipinski definition) is 1. The molecular weight excluding hydrogens is 548 g/mol. The molecular formula is C33H38N4O4S. The second-order valence-electron chi connectivity index (χ2n) is 12.2. The number of hydrogen-bond acceptors (Lipinski definition) is 6. The van der Waals surface area contributed by atoms with E-state index in [1.807, 2.05) is 90.6 Å². The molecule has 0 bridgehead atoms. The molecule has 2 atom stereocenters. The maximum atomic E-state index is 13.8. The van der Waals surface area contributed by atoms with E-state index in [1.54, 1.807) is 0 Å². The van der Waals surface area contributed by atoms with E-state index in [2.05, 4.69) is 11.9 Å². The van der Waals surface area contributed by atoms with E-state index in [9.17, 15) is 14.1 Å². The van der Waals surface area contributed by atoms with Gasteiger partial charge in [0.05, 0.1) is 16.5 Å². The number of carbonyl (C=O) groups excluding carboxylic acids is 1. The Morgan fingerprint density at radius 1 is 1.02 bits per heavy atom. The number of likely N-dealkylation sites (N-methyl/N-ethyl adjacent to an activating group) is 1. The van der Waals surface area contributed by atoms with Crippen LogP contribution < -0.4 is 0 Å². The second kappa shape index (κ2) is 11.4. The Balaban J connectivity index is 1.48. The molecule has 0 spiro atoms. The Labute approximate surface area is 249 Å². The zero-order valence-electron chi connectivity index (χ0n) is 24.7. The SMILES string of the molecule is CN1CCN(C(=O)c2cc3c(c(-c4cccc(-c5cc6ccccc6o5)c4)n2)[C@@H](CCO)N([S@](=O)C(C)(C)C)C3)CC1. The van der Waals surface area contributed by atoms with Gasteiger partial charge in [-0.05, 0) is 64.1 Å². The number of furan rings is 1. The van der Waals surface area contributed by atoms with Crippen LogP contribution in [0.25, 0.3) is 33.6 Å². The molecule has 9 heteroatoms. The summed E-state index contributed by atoms with van der Waals surface area (Å²) in [5, 5.41) is 11.1. The quantitative estimate of drug-likeness (QED) is 0.332. The number of para-hydroxylation sites is 1. The van der Waals surface area contributed by atoms with Crippen LogP contribution >= 0.6 is 0 Å². The van der Waals surface area contributed by atoms with Crippen LogP contribution in [0.15, 0.2) is 65.1 Å². The van der Waals surface area contributed by atoms with Crippen LogP contribution in [0, 0.1) is 0 Å². The van der Waals surface area contributed by atoms with Gasteiger partial charge in [0.2, 0.25) is 0 Å². The topological polar surface area (TPSA) is 90.1 Å². The monoisotopic (exact) mass is 586 g/mol. The first-order chi connectivity index (χ1) is 20.1. The zero-order chi connectivity index (χ0) is 29.6. The molecule has 2 aliphatic rings. The maximum Gasteiger partial charge on any atom is 0.272 e. The van der Waals surface area contributed by atoms with Gasteiger partial charge >= 0.3 is 0 Å². The maximum absolute atomic E-state index is 13.8. The number of pyridine rings is 1. The molecule has 4 heterocycles. The minimum absolute atomic E-state index is 0.0532. The van der Waals surface area contributed by atoms with Crippen LogP contribution in [-0.2, 0) is 17.5 Å². The van der Waals surface area contributed by atoms with Gasteiger partial charge in [-0.25, -0.2) is 13.5 Å². The van der Waals surface area contributed by atoms with Crippen LogP contribution in [-0.4, -0.2) is 78.9 Å². The van der Waals surface area contributed by atoms with E-state index in [4.69, 9.17) is 9.40 Å². The highest BCUT2D eigenvalue weighted by Gasteiger charge is 2.40. The molecule has 0 aliphatic carbocycles. The largest absolute Gasteiger partial charge is 0.456 e. The predicted molar refractivity (Wildman–Crippen MR) is 166 cm³/mol. The van der Waals surface area contributed by atoms with Gasteiger partial charge in [0, 0.05) is 61.4 Å². The van der Waals surface area contributed by atoms with E-state index in [1.165, 1.54) is 0 Å². The van der Waals surface area contributed by atoms with Crippen molar-refractivity contribution in [3.8, 4) is 22.6 Å². The highest BCUT2D eigenvalue weighted by atomic mass is 32.2. The Morgan fingerprint density at radius 2 is 1.76 bits per heavy atom. The molecule has 4 aromatic rings. The average molecular weight is 587 g/mol. The molecule has 6 rings (SSSR count). The molecule has 1 amide bonds. The number of nitrogens with zero attached hydrogens (tertiary/aromatic N) is 4. The molecule has 0 radical (unpaired) electrons. The Morgan fingerprint density at radius 3 is 2.48 bits per heavy atom. The van der Waals surface area contributed by atoms with Crippen LogP contribution in [0.2, 0.25) is 0 Å². The number of aromatic nitrogens is 1. The lowest BCUT2D eigenvalue weighted by Gasteiger charge is -2.32. The third-order valence-corrected chi connectivity index (χ3v) is 10.0. The molecule has 2 aromatic carbocycles. The molecule has 1 saturated heterocycles. The Bertz CT molecular complexity index is 1620. The number of rotatable bonds is 6. The molecule has 0 saturated carbocycles. The summed E-state index contributed by atoms with van der Waals surface area (Å²) < 4.78 is 21.4. The van der Waals surface area contributed by atoms with E-state index < -0.39 is 15.7 Å². The van der Waals surface area contributed by atoms with Crippen LogP contribution in [0.1, 0.15) is 54.8 Å². The van der Waals surface area contributed by atoms with Gasteiger partial charge in [0.15, 0.2) is 0 Å². The first-order valence-electron chi connectivity index (χ1n) is 14.5. The fraction of sp³-hybridized carbons (Fsp3) is 0.394. The lowest BCUT2D eigenvalue weighted by Crippen LogP contribution is -2.47. The minimum Gasteiger partial charge on any atom is -0.456 e. The summed E-state index contributed by atoms with van der Waals surface area (Å²) in [7, 11) is 0.738. The molecule has 1 fully saturated rings. The van der Waals surface area contributed by atoms with Crippen molar-refractivity contribution < 1.29 is 18.5 Å². The van der Waals surface area contributed by atoms with E-state index in [-0.39, 0.29) is 18.6 Å². The van der Waals surface area contributed by atoms with Gasteiger partial charge in [-0.1, -0.05) is 36.4 Å². The van der Waals surface area contributed by atoms with Crippen molar-refractivity contribution in [2.75, 3.05) is 39.8 Å². The summed E-state index contributed by atoms with van der Waals surface area (Å²) in [6, 6.07) is 19.6. The number of amides is 1. The lowest BCUT2D eigenvalue weighted by atomic mass is 9.94. The molecule has 42 heavy (non-hydrogen) atoms. The number of aliphatic hydroxyl groups is 1. The molecule has 1 N–H and O–H groups in total. The first kappa shape index (κ1) is 28.7. The van der Waals surface area contributed by atoms with Crippen LogP contribution in [0.4, 0.5) is 0 Å². The van der Waals surface area contributed by atoms with Crippen molar-refractivity contribution >= 4 is 27.9 Å². The summed E-state index contributed by atoms with van der Waals surface area (Å²) in [4.78, 5) is 22.9. The number of carbonyl (C=O) groups is 1.